The molecule has 0 bridgehead atoms. The van der Waals surface area contributed by atoms with E-state index < -0.39 is 0 Å². The molecule has 1 aromatic carbocycles. The summed E-state index contributed by atoms with van der Waals surface area (Å²) in [5.41, 5.74) is 3.78. The monoisotopic (exact) mass is 277 g/mol. The van der Waals surface area contributed by atoms with E-state index in [4.69, 9.17) is 10.6 Å². The lowest BCUT2D eigenvalue weighted by Crippen LogP contribution is -2.51. The summed E-state index contributed by atoms with van der Waals surface area (Å²) in [5.74, 6) is 4.85. The van der Waals surface area contributed by atoms with Crippen molar-refractivity contribution in [1.29, 1.82) is 0 Å². The van der Waals surface area contributed by atoms with Crippen molar-refractivity contribution >= 4 is 5.91 Å². The number of rotatable bonds is 3. The Balaban J connectivity index is 2.01. The van der Waals surface area contributed by atoms with Crippen molar-refractivity contribution in [3.63, 3.8) is 0 Å². The molecule has 1 aliphatic heterocycles. The summed E-state index contributed by atoms with van der Waals surface area (Å²) in [7, 11) is 0. The quantitative estimate of drug-likeness (QED) is 0.496. The number of amides is 1. The van der Waals surface area contributed by atoms with Gasteiger partial charge in [0.2, 0.25) is 0 Å². The van der Waals surface area contributed by atoms with Crippen molar-refractivity contribution in [2.75, 3.05) is 13.1 Å². The summed E-state index contributed by atoms with van der Waals surface area (Å²) < 4.78 is 5.90. The summed E-state index contributed by atoms with van der Waals surface area (Å²) in [6.45, 7) is 9.02. The van der Waals surface area contributed by atoms with Gasteiger partial charge < -0.3 is 4.74 Å². The second kappa shape index (κ2) is 5.91. The predicted octanol–water partition coefficient (Wildman–Crippen LogP) is 1.29. The third-order valence-corrected chi connectivity index (χ3v) is 3.39. The fourth-order valence-corrected chi connectivity index (χ4v) is 2.81. The molecule has 0 aromatic heterocycles. The Morgan fingerprint density at radius 3 is 2.65 bits per heavy atom. The van der Waals surface area contributed by atoms with E-state index in [0.29, 0.717) is 5.56 Å². The van der Waals surface area contributed by atoms with Crippen LogP contribution < -0.4 is 11.3 Å². The van der Waals surface area contributed by atoms with Crippen LogP contribution in [0.2, 0.25) is 0 Å². The lowest BCUT2D eigenvalue weighted by atomic mass is 10.0. The number of nitrogens with two attached hydrogens (primary N) is 1. The van der Waals surface area contributed by atoms with Crippen LogP contribution in [0.15, 0.2) is 24.3 Å². The molecule has 1 fully saturated rings. The summed E-state index contributed by atoms with van der Waals surface area (Å²) in [6, 6.07) is 7.54. The Morgan fingerprint density at radius 1 is 1.45 bits per heavy atom. The van der Waals surface area contributed by atoms with Crippen LogP contribution in [0.3, 0.4) is 0 Å². The number of hydrogen-bond acceptors (Lipinski definition) is 4. The molecule has 3 N–H and O–H groups in total. The highest BCUT2D eigenvalue weighted by Gasteiger charge is 2.31. The van der Waals surface area contributed by atoms with Crippen LogP contribution >= 0.6 is 0 Å². The fourth-order valence-electron chi connectivity index (χ4n) is 2.81. The molecule has 0 radical (unpaired) electrons. The maximum atomic E-state index is 11.4. The van der Waals surface area contributed by atoms with Gasteiger partial charge in [-0.3, -0.25) is 15.1 Å². The van der Waals surface area contributed by atoms with E-state index in [-0.39, 0.29) is 17.6 Å². The molecule has 1 amide bonds. The van der Waals surface area contributed by atoms with E-state index in [0.717, 1.165) is 19.6 Å². The van der Waals surface area contributed by atoms with Crippen molar-refractivity contribution in [2.45, 2.75) is 39.0 Å². The average molecular weight is 277 g/mol. The number of nitrogens with one attached hydrogen (secondary N) is 1. The summed E-state index contributed by atoms with van der Waals surface area (Å²) in [5, 5.41) is 0. The lowest BCUT2D eigenvalue weighted by molar-refractivity contribution is -0.130. The minimum absolute atomic E-state index is 0.114. The van der Waals surface area contributed by atoms with Gasteiger partial charge in [-0.1, -0.05) is 12.1 Å². The van der Waals surface area contributed by atoms with Gasteiger partial charge in [-0.25, -0.2) is 5.84 Å². The molecule has 20 heavy (non-hydrogen) atoms. The van der Waals surface area contributed by atoms with Gasteiger partial charge in [0, 0.05) is 25.2 Å². The van der Waals surface area contributed by atoms with Crippen molar-refractivity contribution in [2.24, 2.45) is 5.84 Å². The largest absolute Gasteiger partial charge is 0.370 e. The summed E-state index contributed by atoms with van der Waals surface area (Å²) in [4.78, 5) is 13.8. The molecule has 1 atom stereocenters. The first-order chi connectivity index (χ1) is 9.39. The molecular weight excluding hydrogens is 254 g/mol. The van der Waals surface area contributed by atoms with Crippen LogP contribution in [0.5, 0.6) is 0 Å². The highest BCUT2D eigenvalue weighted by Crippen LogP contribution is 2.22. The van der Waals surface area contributed by atoms with E-state index >= 15 is 0 Å². The summed E-state index contributed by atoms with van der Waals surface area (Å²) in [6.07, 6.45) is 0.237. The van der Waals surface area contributed by atoms with Crippen LogP contribution in [-0.2, 0) is 11.3 Å². The third kappa shape index (κ3) is 3.79. The first kappa shape index (κ1) is 15.0. The van der Waals surface area contributed by atoms with Crippen LogP contribution in [0.4, 0.5) is 0 Å². The van der Waals surface area contributed by atoms with E-state index in [1.54, 1.807) is 12.1 Å². The predicted molar refractivity (Wildman–Crippen MR) is 78.0 cm³/mol. The Kier molecular flexibility index (Phi) is 4.42. The Labute approximate surface area is 120 Å². The molecule has 0 aliphatic carbocycles. The van der Waals surface area contributed by atoms with E-state index in [1.807, 2.05) is 12.1 Å². The number of ether oxygens (including phenoxy) is 1. The minimum atomic E-state index is -0.266. The molecule has 0 spiro atoms. The van der Waals surface area contributed by atoms with Crippen molar-refractivity contribution < 1.29 is 9.53 Å². The first-order valence-corrected chi connectivity index (χ1v) is 6.90. The molecule has 1 saturated heterocycles. The molecular formula is C15H23N3O2. The second-order valence-electron chi connectivity index (χ2n) is 6.03. The maximum absolute atomic E-state index is 11.4. The highest BCUT2D eigenvalue weighted by atomic mass is 16.5. The third-order valence-electron chi connectivity index (χ3n) is 3.39. The number of morpholine rings is 1. The zero-order valence-electron chi connectivity index (χ0n) is 12.3. The van der Waals surface area contributed by atoms with Gasteiger partial charge in [-0.15, -0.1) is 0 Å². The van der Waals surface area contributed by atoms with Crippen LogP contribution in [0, 0.1) is 0 Å². The van der Waals surface area contributed by atoms with E-state index in [1.165, 1.54) is 5.56 Å². The van der Waals surface area contributed by atoms with Gasteiger partial charge in [-0.2, -0.15) is 0 Å². The van der Waals surface area contributed by atoms with E-state index in [2.05, 4.69) is 31.1 Å². The van der Waals surface area contributed by atoms with Gasteiger partial charge in [0.05, 0.1) is 11.7 Å². The van der Waals surface area contributed by atoms with Crippen LogP contribution in [0.25, 0.3) is 0 Å². The minimum Gasteiger partial charge on any atom is -0.370 e. The lowest BCUT2D eigenvalue weighted by Gasteiger charge is -2.41. The number of nitrogen functional groups attached to an aromatic ring is 1. The first-order valence-electron chi connectivity index (χ1n) is 6.90. The normalized spacial score (nSPS) is 22.5. The number of hydrazine groups is 1. The average Bonchev–Trinajstić information content (AvgIpc) is 2.36. The molecule has 1 unspecified atom stereocenters. The van der Waals surface area contributed by atoms with Crippen molar-refractivity contribution in [1.82, 2.24) is 10.3 Å². The maximum Gasteiger partial charge on any atom is 0.265 e. The van der Waals surface area contributed by atoms with Gasteiger partial charge in [0.15, 0.2) is 0 Å². The molecule has 1 aromatic rings. The van der Waals surface area contributed by atoms with Crippen molar-refractivity contribution in [3.05, 3.63) is 35.4 Å². The highest BCUT2D eigenvalue weighted by molar-refractivity contribution is 5.93. The molecule has 110 valence electrons. The number of carbonyl (C=O) groups is 1. The molecule has 1 heterocycles. The zero-order valence-corrected chi connectivity index (χ0v) is 12.3. The molecule has 5 nitrogen and oxygen atoms in total. The number of hydrogen-bond donors (Lipinski definition) is 2. The molecule has 1 aliphatic rings. The number of carbonyl (C=O) groups excluding carboxylic acids is 1. The number of nitrogens with zero attached hydrogens (tertiary/aromatic N) is 1. The molecule has 0 saturated carbocycles. The Morgan fingerprint density at radius 2 is 2.10 bits per heavy atom. The fraction of sp³-hybridized carbons (Fsp3) is 0.533. The van der Waals surface area contributed by atoms with Crippen LogP contribution in [-0.4, -0.2) is 35.6 Å². The number of benzene rings is 1. The molecule has 2 rings (SSSR count). The smallest absolute Gasteiger partial charge is 0.265 e. The molecule has 5 heteroatoms. The zero-order chi connectivity index (χ0) is 14.8. The summed E-state index contributed by atoms with van der Waals surface area (Å²) >= 11 is 0. The van der Waals surface area contributed by atoms with Gasteiger partial charge in [-0.05, 0) is 38.5 Å². The topological polar surface area (TPSA) is 67.6 Å². The van der Waals surface area contributed by atoms with Gasteiger partial charge in [0.1, 0.15) is 0 Å². The SMILES string of the molecule is CC1CN(Cc2ccc(C(=O)NN)cc2)CC(C)(C)O1. The Hall–Kier alpha value is -1.43. The van der Waals surface area contributed by atoms with Crippen LogP contribution in [0.1, 0.15) is 36.7 Å². The Bertz CT molecular complexity index is 471. The van der Waals surface area contributed by atoms with Crippen molar-refractivity contribution in [3.8, 4) is 0 Å². The van der Waals surface area contributed by atoms with E-state index in [9.17, 15) is 4.79 Å². The second-order valence-corrected chi connectivity index (χ2v) is 6.03. The van der Waals surface area contributed by atoms with Gasteiger partial charge >= 0.3 is 0 Å². The standard InChI is InChI=1S/C15H23N3O2/c1-11-8-18(10-15(2,3)20-11)9-12-4-6-13(7-5-12)14(19)17-16/h4-7,11H,8-10,16H2,1-3H3,(H,17,19). The van der Waals surface area contributed by atoms with Gasteiger partial charge in [0.25, 0.3) is 5.91 Å².